The van der Waals surface area contributed by atoms with Crippen LogP contribution >= 0.6 is 0 Å². The summed E-state index contributed by atoms with van der Waals surface area (Å²) in [6, 6.07) is 19.1. The van der Waals surface area contributed by atoms with Crippen LogP contribution in [-0.2, 0) is 13.2 Å². The Hall–Kier alpha value is -3.28. The van der Waals surface area contributed by atoms with Gasteiger partial charge in [-0.1, -0.05) is 30.3 Å². The molecule has 0 radical (unpaired) electrons. The number of para-hydroxylation sites is 1. The predicted molar refractivity (Wildman–Crippen MR) is 103 cm³/mol. The van der Waals surface area contributed by atoms with E-state index in [2.05, 4.69) is 27.2 Å². The summed E-state index contributed by atoms with van der Waals surface area (Å²) in [4.78, 5) is 0. The van der Waals surface area contributed by atoms with Gasteiger partial charge < -0.3 is 4.57 Å². The highest BCUT2D eigenvalue weighted by Gasteiger charge is 2.30. The van der Waals surface area contributed by atoms with Crippen molar-refractivity contribution >= 4 is 33.7 Å². The maximum Gasteiger partial charge on any atom is 0.416 e. The Labute approximate surface area is 153 Å². The average Bonchev–Trinajstić information content (AvgIpc) is 2.94. The molecule has 0 saturated heterocycles. The summed E-state index contributed by atoms with van der Waals surface area (Å²) in [5.41, 5.74) is 5.35. The van der Waals surface area contributed by atoms with Gasteiger partial charge in [0.2, 0.25) is 0 Å². The average molecular weight is 367 g/mol. The summed E-state index contributed by atoms with van der Waals surface area (Å²) in [5, 5.41) is 6.34. The summed E-state index contributed by atoms with van der Waals surface area (Å²) in [7, 11) is 2.02. The first-order chi connectivity index (χ1) is 12.9. The molecule has 1 heterocycles. The molecule has 4 aromatic rings. The summed E-state index contributed by atoms with van der Waals surface area (Å²) in [6.07, 6.45) is -2.78. The van der Waals surface area contributed by atoms with E-state index in [0.29, 0.717) is 0 Å². The van der Waals surface area contributed by atoms with Crippen LogP contribution in [0.5, 0.6) is 0 Å². The summed E-state index contributed by atoms with van der Waals surface area (Å²) < 4.78 is 40.4. The lowest BCUT2D eigenvalue weighted by Gasteiger charge is -2.08. The van der Waals surface area contributed by atoms with Gasteiger partial charge in [0.25, 0.3) is 0 Å². The van der Waals surface area contributed by atoms with Crippen molar-refractivity contribution in [3.63, 3.8) is 0 Å². The first-order valence-corrected chi connectivity index (χ1v) is 8.37. The van der Waals surface area contributed by atoms with E-state index in [1.54, 1.807) is 12.3 Å². The third kappa shape index (κ3) is 3.26. The molecule has 0 aliphatic carbocycles. The lowest BCUT2D eigenvalue weighted by atomic mass is 10.1. The number of aryl methyl sites for hydroxylation is 1. The van der Waals surface area contributed by atoms with Gasteiger partial charge >= 0.3 is 6.18 Å². The molecule has 0 atom stereocenters. The van der Waals surface area contributed by atoms with Gasteiger partial charge in [-0.25, -0.2) is 0 Å². The lowest BCUT2D eigenvalue weighted by molar-refractivity contribution is -0.137. The van der Waals surface area contributed by atoms with Gasteiger partial charge in [0.05, 0.1) is 17.5 Å². The number of hydrogen-bond acceptors (Lipinski definition) is 2. The van der Waals surface area contributed by atoms with E-state index in [0.717, 1.165) is 39.5 Å². The van der Waals surface area contributed by atoms with Crippen LogP contribution < -0.4 is 5.43 Å². The third-order valence-electron chi connectivity index (χ3n) is 4.53. The van der Waals surface area contributed by atoms with E-state index in [9.17, 15) is 13.2 Å². The summed E-state index contributed by atoms with van der Waals surface area (Å²) >= 11 is 0. The zero-order valence-corrected chi connectivity index (χ0v) is 14.5. The minimum atomic E-state index is -4.37. The molecule has 4 rings (SSSR count). The Balaban J connectivity index is 1.61. The maximum absolute atomic E-state index is 12.8. The minimum Gasteiger partial charge on any atom is -0.344 e. The van der Waals surface area contributed by atoms with Gasteiger partial charge in [-0.2, -0.15) is 18.3 Å². The molecular weight excluding hydrogens is 351 g/mol. The molecular formula is C21H16F3N3. The largest absolute Gasteiger partial charge is 0.416 e. The highest BCUT2D eigenvalue weighted by atomic mass is 19.4. The monoisotopic (exact) mass is 367 g/mol. The third-order valence-corrected chi connectivity index (χ3v) is 4.53. The number of rotatable bonds is 3. The Bertz CT molecular complexity index is 1160. The van der Waals surface area contributed by atoms with Crippen LogP contribution in [0.3, 0.4) is 0 Å². The fourth-order valence-corrected chi connectivity index (χ4v) is 3.21. The van der Waals surface area contributed by atoms with Crippen molar-refractivity contribution < 1.29 is 13.2 Å². The van der Waals surface area contributed by atoms with Crippen molar-refractivity contribution in [3.8, 4) is 0 Å². The first kappa shape index (κ1) is 17.1. The van der Waals surface area contributed by atoms with Crippen molar-refractivity contribution in [1.29, 1.82) is 0 Å². The van der Waals surface area contributed by atoms with Crippen molar-refractivity contribution in [3.05, 3.63) is 77.9 Å². The van der Waals surface area contributed by atoms with Gasteiger partial charge in [0.15, 0.2) is 0 Å². The molecule has 136 valence electrons. The highest BCUT2D eigenvalue weighted by molar-refractivity contribution is 6.09. The van der Waals surface area contributed by atoms with Crippen molar-refractivity contribution in [1.82, 2.24) is 4.57 Å². The number of fused-ring (bicyclic) bond motifs is 3. The van der Waals surface area contributed by atoms with E-state index in [1.807, 2.05) is 37.4 Å². The highest BCUT2D eigenvalue weighted by Crippen LogP contribution is 2.31. The van der Waals surface area contributed by atoms with E-state index in [4.69, 9.17) is 0 Å². The second kappa shape index (κ2) is 6.46. The fraction of sp³-hybridized carbons (Fsp3) is 0.0952. The Morgan fingerprint density at radius 3 is 2.48 bits per heavy atom. The Morgan fingerprint density at radius 1 is 0.889 bits per heavy atom. The van der Waals surface area contributed by atoms with E-state index in [-0.39, 0.29) is 5.69 Å². The van der Waals surface area contributed by atoms with Crippen LogP contribution in [0.4, 0.5) is 18.9 Å². The number of nitrogens with zero attached hydrogens (tertiary/aromatic N) is 2. The zero-order chi connectivity index (χ0) is 19.0. The topological polar surface area (TPSA) is 29.3 Å². The molecule has 27 heavy (non-hydrogen) atoms. The number of benzene rings is 3. The number of anilines is 1. The smallest absolute Gasteiger partial charge is 0.344 e. The zero-order valence-electron chi connectivity index (χ0n) is 14.5. The van der Waals surface area contributed by atoms with Gasteiger partial charge in [0.1, 0.15) is 0 Å². The van der Waals surface area contributed by atoms with Crippen LogP contribution in [-0.4, -0.2) is 10.8 Å². The maximum atomic E-state index is 12.8. The molecule has 3 aromatic carbocycles. The number of halogens is 3. The number of nitrogens with one attached hydrogen (secondary N) is 1. The molecule has 0 spiro atoms. The summed E-state index contributed by atoms with van der Waals surface area (Å²) in [5.74, 6) is 0. The van der Waals surface area contributed by atoms with Gasteiger partial charge in [0, 0.05) is 28.9 Å². The second-order valence-corrected chi connectivity index (χ2v) is 6.30. The Kier molecular flexibility index (Phi) is 4.11. The molecule has 0 aliphatic rings. The van der Waals surface area contributed by atoms with Gasteiger partial charge in [-0.3, -0.25) is 5.43 Å². The molecule has 0 saturated carbocycles. The quantitative estimate of drug-likeness (QED) is 0.360. The van der Waals surface area contributed by atoms with Crippen LogP contribution in [0.15, 0.2) is 71.8 Å². The van der Waals surface area contributed by atoms with E-state index < -0.39 is 11.7 Å². The molecule has 1 aromatic heterocycles. The van der Waals surface area contributed by atoms with E-state index >= 15 is 0 Å². The standard InChI is InChI=1S/C21H16F3N3/c1-27-19-8-3-2-7-17(19)18-11-14(9-10-20(18)27)13-25-26-16-6-4-5-15(12-16)21(22,23)24/h2-13,26H,1H3/b25-13+. The predicted octanol–water partition coefficient (Wildman–Crippen LogP) is 5.80. The van der Waals surface area contributed by atoms with E-state index in [1.165, 1.54) is 6.07 Å². The molecule has 3 nitrogen and oxygen atoms in total. The number of hydrogen-bond donors (Lipinski definition) is 1. The van der Waals surface area contributed by atoms with Crippen LogP contribution in [0.1, 0.15) is 11.1 Å². The van der Waals surface area contributed by atoms with Crippen LogP contribution in [0.25, 0.3) is 21.8 Å². The number of hydrazone groups is 1. The van der Waals surface area contributed by atoms with Crippen molar-refractivity contribution in [2.45, 2.75) is 6.18 Å². The number of alkyl halides is 3. The van der Waals surface area contributed by atoms with Crippen molar-refractivity contribution in [2.75, 3.05) is 5.43 Å². The molecule has 1 N–H and O–H groups in total. The molecule has 0 amide bonds. The van der Waals surface area contributed by atoms with Crippen LogP contribution in [0, 0.1) is 0 Å². The molecule has 0 fully saturated rings. The SMILES string of the molecule is Cn1c2ccccc2c2cc(/C=N/Nc3cccc(C(F)(F)F)c3)ccc21. The lowest BCUT2D eigenvalue weighted by Crippen LogP contribution is -2.05. The van der Waals surface area contributed by atoms with Gasteiger partial charge in [-0.15, -0.1) is 0 Å². The Morgan fingerprint density at radius 2 is 1.67 bits per heavy atom. The molecule has 6 heteroatoms. The van der Waals surface area contributed by atoms with Crippen molar-refractivity contribution in [2.24, 2.45) is 12.1 Å². The normalized spacial score (nSPS) is 12.3. The molecule has 0 bridgehead atoms. The van der Waals surface area contributed by atoms with Gasteiger partial charge in [-0.05, 0) is 42.0 Å². The second-order valence-electron chi connectivity index (χ2n) is 6.30. The molecule has 0 unspecified atom stereocenters. The summed E-state index contributed by atoms with van der Waals surface area (Å²) in [6.45, 7) is 0. The fourth-order valence-electron chi connectivity index (χ4n) is 3.21. The number of aromatic nitrogens is 1. The minimum absolute atomic E-state index is 0.285. The molecule has 0 aliphatic heterocycles. The van der Waals surface area contributed by atoms with Crippen LogP contribution in [0.2, 0.25) is 0 Å². The first-order valence-electron chi connectivity index (χ1n) is 8.37.